The number of hydrogen-bond donors (Lipinski definition) is 0. The van der Waals surface area contributed by atoms with Crippen molar-refractivity contribution in [3.05, 3.63) is 48.0 Å². The van der Waals surface area contributed by atoms with Crippen LogP contribution in [0, 0.1) is 11.3 Å². The maximum atomic E-state index is 13.0. The molecular formula is C19H21N3O4S. The minimum atomic E-state index is -3.63. The van der Waals surface area contributed by atoms with Crippen molar-refractivity contribution in [3.63, 3.8) is 0 Å². The van der Waals surface area contributed by atoms with Crippen LogP contribution in [0.2, 0.25) is 0 Å². The Bertz CT molecular complexity index is 961. The van der Waals surface area contributed by atoms with Gasteiger partial charge in [0.15, 0.2) is 11.5 Å². The third kappa shape index (κ3) is 3.70. The van der Waals surface area contributed by atoms with Crippen molar-refractivity contribution in [2.24, 2.45) is 0 Å². The van der Waals surface area contributed by atoms with Crippen LogP contribution in [0.15, 0.2) is 47.4 Å². The molecule has 2 aromatic carbocycles. The zero-order chi connectivity index (χ0) is 19.4. The number of nitriles is 1. The van der Waals surface area contributed by atoms with Crippen molar-refractivity contribution in [3.8, 4) is 17.6 Å². The molecular weight excluding hydrogens is 366 g/mol. The third-order valence-electron chi connectivity index (χ3n) is 4.60. The first-order valence-corrected chi connectivity index (χ1v) is 9.91. The molecule has 8 heteroatoms. The van der Waals surface area contributed by atoms with Gasteiger partial charge in [0.1, 0.15) is 6.07 Å². The van der Waals surface area contributed by atoms with E-state index in [-0.39, 0.29) is 4.90 Å². The van der Waals surface area contributed by atoms with Crippen molar-refractivity contribution >= 4 is 15.7 Å². The first-order chi connectivity index (χ1) is 13.0. The fraction of sp³-hybridized carbons (Fsp3) is 0.316. The van der Waals surface area contributed by atoms with Gasteiger partial charge < -0.3 is 14.4 Å². The summed E-state index contributed by atoms with van der Waals surface area (Å²) in [6.45, 7) is 1.73. The number of rotatable bonds is 5. The molecule has 0 unspecified atom stereocenters. The molecule has 0 saturated carbocycles. The molecule has 0 aliphatic carbocycles. The summed E-state index contributed by atoms with van der Waals surface area (Å²) in [6, 6.07) is 14.1. The highest BCUT2D eigenvalue weighted by Gasteiger charge is 2.29. The SMILES string of the molecule is COc1ccc(S(=O)(=O)N2CCN(c3ccccc3C#N)CC2)cc1OC. The molecule has 2 aromatic rings. The molecule has 0 N–H and O–H groups in total. The molecule has 0 amide bonds. The lowest BCUT2D eigenvalue weighted by Gasteiger charge is -2.35. The van der Waals surface area contributed by atoms with E-state index in [1.807, 2.05) is 23.1 Å². The van der Waals surface area contributed by atoms with E-state index in [9.17, 15) is 13.7 Å². The van der Waals surface area contributed by atoms with E-state index in [4.69, 9.17) is 9.47 Å². The Morgan fingerprint density at radius 1 is 0.963 bits per heavy atom. The van der Waals surface area contributed by atoms with E-state index >= 15 is 0 Å². The molecule has 0 aromatic heterocycles. The van der Waals surface area contributed by atoms with E-state index in [0.29, 0.717) is 43.2 Å². The Morgan fingerprint density at radius 2 is 1.63 bits per heavy atom. The normalized spacial score (nSPS) is 15.2. The summed E-state index contributed by atoms with van der Waals surface area (Å²) in [6.07, 6.45) is 0. The van der Waals surface area contributed by atoms with E-state index < -0.39 is 10.0 Å². The topological polar surface area (TPSA) is 82.9 Å². The van der Waals surface area contributed by atoms with Crippen molar-refractivity contribution in [2.45, 2.75) is 4.90 Å². The standard InChI is InChI=1S/C19H21N3O4S/c1-25-18-8-7-16(13-19(18)26-2)27(23,24)22-11-9-21(10-12-22)17-6-4-3-5-15(17)14-20/h3-8,13H,9-12H2,1-2H3. The predicted molar refractivity (Wildman–Crippen MR) is 102 cm³/mol. The van der Waals surface area contributed by atoms with Gasteiger partial charge in [-0.1, -0.05) is 12.1 Å². The highest BCUT2D eigenvalue weighted by Crippen LogP contribution is 2.31. The summed E-state index contributed by atoms with van der Waals surface area (Å²) in [5.74, 6) is 0.856. The lowest BCUT2D eigenvalue weighted by atomic mass is 10.1. The number of ether oxygens (including phenoxy) is 2. The smallest absolute Gasteiger partial charge is 0.243 e. The highest BCUT2D eigenvalue weighted by atomic mass is 32.2. The third-order valence-corrected chi connectivity index (χ3v) is 6.49. The van der Waals surface area contributed by atoms with Crippen LogP contribution in [0.4, 0.5) is 5.69 Å². The van der Waals surface area contributed by atoms with E-state index in [2.05, 4.69) is 6.07 Å². The molecule has 0 spiro atoms. The summed E-state index contributed by atoms with van der Waals surface area (Å²) < 4.78 is 37.8. The van der Waals surface area contributed by atoms with Crippen LogP contribution in [0.5, 0.6) is 11.5 Å². The lowest BCUT2D eigenvalue weighted by molar-refractivity contribution is 0.353. The van der Waals surface area contributed by atoms with Crippen LogP contribution in [0.3, 0.4) is 0 Å². The van der Waals surface area contributed by atoms with E-state index in [0.717, 1.165) is 5.69 Å². The molecule has 3 rings (SSSR count). The molecule has 142 valence electrons. The summed E-state index contributed by atoms with van der Waals surface area (Å²) in [7, 11) is -0.659. The van der Waals surface area contributed by atoms with Gasteiger partial charge in [-0.3, -0.25) is 0 Å². The summed E-state index contributed by atoms with van der Waals surface area (Å²) in [5, 5.41) is 9.27. The minimum absolute atomic E-state index is 0.172. The van der Waals surface area contributed by atoms with Gasteiger partial charge in [0.25, 0.3) is 0 Å². The molecule has 1 heterocycles. The van der Waals surface area contributed by atoms with Gasteiger partial charge in [-0.05, 0) is 24.3 Å². The fourth-order valence-corrected chi connectivity index (χ4v) is 4.58. The number of para-hydroxylation sites is 1. The van der Waals surface area contributed by atoms with Crippen LogP contribution < -0.4 is 14.4 Å². The fourth-order valence-electron chi connectivity index (χ4n) is 3.14. The maximum Gasteiger partial charge on any atom is 0.243 e. The van der Waals surface area contributed by atoms with Gasteiger partial charge in [-0.15, -0.1) is 0 Å². The molecule has 1 aliphatic rings. The number of sulfonamides is 1. The molecule has 7 nitrogen and oxygen atoms in total. The van der Waals surface area contributed by atoms with Crippen LogP contribution >= 0.6 is 0 Å². The quantitative estimate of drug-likeness (QED) is 0.781. The summed E-state index contributed by atoms with van der Waals surface area (Å²) >= 11 is 0. The Morgan fingerprint density at radius 3 is 2.26 bits per heavy atom. The number of methoxy groups -OCH3 is 2. The number of benzene rings is 2. The van der Waals surface area contributed by atoms with Gasteiger partial charge in [0.05, 0.1) is 30.4 Å². The molecule has 0 bridgehead atoms. The molecule has 0 radical (unpaired) electrons. The number of piperazine rings is 1. The Balaban J connectivity index is 1.78. The molecule has 1 saturated heterocycles. The average Bonchev–Trinajstić information content (AvgIpc) is 2.73. The second kappa shape index (κ2) is 7.86. The Kier molecular flexibility index (Phi) is 5.54. The minimum Gasteiger partial charge on any atom is -0.493 e. The zero-order valence-corrected chi connectivity index (χ0v) is 16.1. The predicted octanol–water partition coefficient (Wildman–Crippen LogP) is 2.09. The van der Waals surface area contributed by atoms with E-state index in [1.165, 1.54) is 30.7 Å². The van der Waals surface area contributed by atoms with Crippen LogP contribution in [-0.4, -0.2) is 53.1 Å². The van der Waals surface area contributed by atoms with Crippen LogP contribution in [0.1, 0.15) is 5.56 Å². The summed E-state index contributed by atoms with van der Waals surface area (Å²) in [5.41, 5.74) is 1.43. The number of anilines is 1. The maximum absolute atomic E-state index is 13.0. The Hall–Kier alpha value is -2.76. The largest absolute Gasteiger partial charge is 0.493 e. The highest BCUT2D eigenvalue weighted by molar-refractivity contribution is 7.89. The summed E-state index contributed by atoms with van der Waals surface area (Å²) in [4.78, 5) is 2.21. The first-order valence-electron chi connectivity index (χ1n) is 8.47. The molecule has 0 atom stereocenters. The van der Waals surface area contributed by atoms with Crippen molar-refractivity contribution in [2.75, 3.05) is 45.3 Å². The molecule has 1 aliphatic heterocycles. The zero-order valence-electron chi connectivity index (χ0n) is 15.3. The van der Waals surface area contributed by atoms with Crippen molar-refractivity contribution < 1.29 is 17.9 Å². The monoisotopic (exact) mass is 387 g/mol. The van der Waals surface area contributed by atoms with Crippen LogP contribution in [-0.2, 0) is 10.0 Å². The van der Waals surface area contributed by atoms with Crippen molar-refractivity contribution in [1.82, 2.24) is 4.31 Å². The van der Waals surface area contributed by atoms with E-state index in [1.54, 1.807) is 12.1 Å². The van der Waals surface area contributed by atoms with Gasteiger partial charge in [-0.2, -0.15) is 9.57 Å². The second-order valence-corrected chi connectivity index (χ2v) is 7.97. The van der Waals surface area contributed by atoms with Gasteiger partial charge in [-0.25, -0.2) is 8.42 Å². The average molecular weight is 387 g/mol. The lowest BCUT2D eigenvalue weighted by Crippen LogP contribution is -2.48. The number of nitrogens with zero attached hydrogens (tertiary/aromatic N) is 3. The van der Waals surface area contributed by atoms with Gasteiger partial charge in [0, 0.05) is 32.2 Å². The number of hydrogen-bond acceptors (Lipinski definition) is 6. The molecule has 27 heavy (non-hydrogen) atoms. The van der Waals surface area contributed by atoms with Gasteiger partial charge in [0.2, 0.25) is 10.0 Å². The molecule has 1 fully saturated rings. The second-order valence-electron chi connectivity index (χ2n) is 6.04. The van der Waals surface area contributed by atoms with Crippen LogP contribution in [0.25, 0.3) is 0 Å². The Labute approximate surface area is 159 Å². The van der Waals surface area contributed by atoms with Gasteiger partial charge >= 0.3 is 0 Å². The van der Waals surface area contributed by atoms with Crippen molar-refractivity contribution in [1.29, 1.82) is 5.26 Å². The first kappa shape index (κ1) is 19.0.